The van der Waals surface area contributed by atoms with Gasteiger partial charge in [-0.25, -0.2) is 0 Å². The van der Waals surface area contributed by atoms with Crippen LogP contribution < -0.4 is 4.90 Å². The van der Waals surface area contributed by atoms with Gasteiger partial charge in [-0.3, -0.25) is 0 Å². The predicted molar refractivity (Wildman–Crippen MR) is 155 cm³/mol. The summed E-state index contributed by atoms with van der Waals surface area (Å²) in [5, 5.41) is 0. The number of hydrogen-bond donors (Lipinski definition) is 0. The number of benzene rings is 3. The molecule has 0 radical (unpaired) electrons. The molecule has 1 heteroatoms. The highest BCUT2D eigenvalue weighted by Gasteiger charge is 2.39. The van der Waals surface area contributed by atoms with Crippen molar-refractivity contribution in [3.63, 3.8) is 0 Å². The first-order valence-electron chi connectivity index (χ1n) is 15.1. The number of hydrogen-bond acceptors (Lipinski definition) is 1. The highest BCUT2D eigenvalue weighted by Crippen LogP contribution is 2.54. The Bertz CT molecular complexity index is 1370. The quantitative estimate of drug-likeness (QED) is 0.360. The SMILES string of the molecule is [2H]C1(c2ccccc2N(c2cc3c(cc2C2([2H])CCCC2)-c2ccccc2C3(C)C)C(C)(C)C)CCCC1. The maximum absolute atomic E-state index is 9.76. The smallest absolute Gasteiger partial charge is 0.0454 e. The van der Waals surface area contributed by atoms with Crippen LogP contribution in [0, 0.1) is 0 Å². The van der Waals surface area contributed by atoms with Crippen molar-refractivity contribution >= 4 is 11.4 Å². The van der Waals surface area contributed by atoms with Crippen molar-refractivity contribution in [2.75, 3.05) is 4.90 Å². The lowest BCUT2D eigenvalue weighted by molar-refractivity contribution is 0.550. The molecule has 2 fully saturated rings. The fourth-order valence-electron chi connectivity index (χ4n) is 7.17. The molecule has 3 aliphatic carbocycles. The Morgan fingerprint density at radius 3 is 1.94 bits per heavy atom. The highest BCUT2D eigenvalue weighted by atomic mass is 15.2. The lowest BCUT2D eigenvalue weighted by Crippen LogP contribution is -2.39. The summed E-state index contributed by atoms with van der Waals surface area (Å²) in [5.74, 6) is -1.13. The summed E-state index contributed by atoms with van der Waals surface area (Å²) < 4.78 is 19.3. The van der Waals surface area contributed by atoms with Gasteiger partial charge in [0.1, 0.15) is 0 Å². The third-order valence-corrected chi connectivity index (χ3v) is 8.93. The standard InChI is InChI=1S/C35H43N/c1-34(2,3)36(32-21-13-11-18-26(32)24-14-6-7-15-24)33-23-31-29(22-28(33)25-16-8-9-17-25)27-19-10-12-20-30(27)35(31,4)5/h10-13,18-25H,6-9,14-17H2,1-5H3/i24D,25D. The van der Waals surface area contributed by atoms with Gasteiger partial charge in [0.15, 0.2) is 0 Å². The summed E-state index contributed by atoms with van der Waals surface area (Å²) in [6.07, 6.45) is 8.14. The van der Waals surface area contributed by atoms with E-state index in [0.29, 0.717) is 0 Å². The van der Waals surface area contributed by atoms with Crippen LogP contribution in [-0.4, -0.2) is 5.54 Å². The van der Waals surface area contributed by atoms with Crippen LogP contribution in [0.3, 0.4) is 0 Å². The Hall–Kier alpha value is -2.54. The van der Waals surface area contributed by atoms with E-state index in [-0.39, 0.29) is 11.0 Å². The average Bonchev–Trinajstić information content (AvgIpc) is 3.57. The summed E-state index contributed by atoms with van der Waals surface area (Å²) in [4.78, 5) is 2.50. The monoisotopic (exact) mass is 479 g/mol. The lowest BCUT2D eigenvalue weighted by Gasteiger charge is -2.42. The van der Waals surface area contributed by atoms with Crippen molar-refractivity contribution in [3.8, 4) is 11.1 Å². The fourth-order valence-corrected chi connectivity index (χ4v) is 7.17. The predicted octanol–water partition coefficient (Wildman–Crippen LogP) is 10.2. The average molecular weight is 480 g/mol. The van der Waals surface area contributed by atoms with Gasteiger partial charge in [0.05, 0.1) is 0 Å². The summed E-state index contributed by atoms with van der Waals surface area (Å²) in [6.45, 7) is 11.6. The second-order valence-corrected chi connectivity index (χ2v) is 12.7. The number of para-hydroxylation sites is 1. The van der Waals surface area contributed by atoms with Gasteiger partial charge in [0.2, 0.25) is 0 Å². The normalized spacial score (nSPS) is 22.0. The number of nitrogens with zero attached hydrogens (tertiary/aromatic N) is 1. The van der Waals surface area contributed by atoms with E-state index in [2.05, 4.69) is 100 Å². The summed E-state index contributed by atoms with van der Waals surface area (Å²) in [6, 6.07) is 22.4. The van der Waals surface area contributed by atoms with Crippen LogP contribution >= 0.6 is 0 Å². The molecule has 3 aromatic rings. The molecule has 0 heterocycles. The van der Waals surface area contributed by atoms with Gasteiger partial charge in [-0.2, -0.15) is 0 Å². The molecule has 36 heavy (non-hydrogen) atoms. The van der Waals surface area contributed by atoms with Gasteiger partial charge >= 0.3 is 0 Å². The first-order valence-corrected chi connectivity index (χ1v) is 14.1. The van der Waals surface area contributed by atoms with Gasteiger partial charge in [-0.1, -0.05) is 82.0 Å². The molecular weight excluding hydrogens is 434 g/mol. The topological polar surface area (TPSA) is 3.24 Å². The zero-order valence-corrected chi connectivity index (χ0v) is 22.9. The maximum Gasteiger partial charge on any atom is 0.0454 e. The van der Waals surface area contributed by atoms with E-state index in [1.807, 2.05) is 0 Å². The first-order chi connectivity index (χ1) is 18.0. The molecule has 3 aromatic carbocycles. The van der Waals surface area contributed by atoms with Crippen LogP contribution in [0.4, 0.5) is 11.4 Å². The molecule has 2 saturated carbocycles. The molecule has 0 aromatic heterocycles. The van der Waals surface area contributed by atoms with Gasteiger partial charge in [0, 0.05) is 25.1 Å². The van der Waals surface area contributed by atoms with Gasteiger partial charge in [-0.05, 0) is 110 Å². The molecule has 0 spiro atoms. The minimum atomic E-state index is -0.587. The second-order valence-electron chi connectivity index (χ2n) is 12.7. The second kappa shape index (κ2) is 8.79. The Morgan fingerprint density at radius 2 is 1.28 bits per heavy atom. The number of anilines is 2. The maximum atomic E-state index is 9.76. The van der Waals surface area contributed by atoms with Crippen LogP contribution in [0.1, 0.15) is 123 Å². The zero-order valence-electron chi connectivity index (χ0n) is 24.9. The van der Waals surface area contributed by atoms with Crippen molar-refractivity contribution in [3.05, 3.63) is 82.9 Å². The van der Waals surface area contributed by atoms with E-state index < -0.39 is 11.8 Å². The minimum Gasteiger partial charge on any atom is -0.336 e. The van der Waals surface area contributed by atoms with E-state index in [1.165, 1.54) is 27.9 Å². The van der Waals surface area contributed by atoms with Crippen molar-refractivity contribution in [2.45, 2.75) is 109 Å². The van der Waals surface area contributed by atoms with Crippen LogP contribution in [0.2, 0.25) is 0 Å². The highest BCUT2D eigenvalue weighted by molar-refractivity contribution is 5.85. The van der Waals surface area contributed by atoms with Crippen molar-refractivity contribution < 1.29 is 2.74 Å². The van der Waals surface area contributed by atoms with E-state index >= 15 is 0 Å². The van der Waals surface area contributed by atoms with E-state index in [0.717, 1.165) is 68.2 Å². The van der Waals surface area contributed by atoms with Crippen molar-refractivity contribution in [1.82, 2.24) is 0 Å². The van der Waals surface area contributed by atoms with Crippen LogP contribution in [0.25, 0.3) is 11.1 Å². The molecule has 1 nitrogen and oxygen atoms in total. The van der Waals surface area contributed by atoms with Crippen LogP contribution in [0.5, 0.6) is 0 Å². The molecule has 0 bridgehead atoms. The number of rotatable bonds is 4. The van der Waals surface area contributed by atoms with E-state index in [9.17, 15) is 2.74 Å². The third kappa shape index (κ3) is 3.82. The zero-order chi connectivity index (χ0) is 26.9. The molecular formula is C35H43N. The third-order valence-electron chi connectivity index (χ3n) is 8.93. The molecule has 6 rings (SSSR count). The van der Waals surface area contributed by atoms with E-state index in [4.69, 9.17) is 0 Å². The Morgan fingerprint density at radius 1 is 0.694 bits per heavy atom. The molecule has 3 aliphatic rings. The molecule has 0 saturated heterocycles. The summed E-state index contributed by atoms with van der Waals surface area (Å²) in [7, 11) is 0. The van der Waals surface area contributed by atoms with Gasteiger partial charge < -0.3 is 4.90 Å². The lowest BCUT2D eigenvalue weighted by atomic mass is 9.80. The summed E-state index contributed by atoms with van der Waals surface area (Å²) in [5.41, 5.74) is 9.65. The van der Waals surface area contributed by atoms with Gasteiger partial charge in [0.25, 0.3) is 0 Å². The molecule has 188 valence electrons. The molecule has 0 amide bonds. The fraction of sp³-hybridized carbons (Fsp3) is 0.486. The molecule has 0 unspecified atom stereocenters. The summed E-state index contributed by atoms with van der Waals surface area (Å²) >= 11 is 0. The molecule has 0 N–H and O–H groups in total. The first kappa shape index (κ1) is 21.5. The van der Waals surface area contributed by atoms with Crippen LogP contribution in [-0.2, 0) is 5.41 Å². The number of fused-ring (bicyclic) bond motifs is 3. The Balaban J connectivity index is 1.65. The Labute approximate surface area is 221 Å². The van der Waals surface area contributed by atoms with E-state index in [1.54, 1.807) is 0 Å². The minimum absolute atomic E-state index is 0.102. The molecule has 0 aliphatic heterocycles. The van der Waals surface area contributed by atoms with Crippen molar-refractivity contribution in [2.24, 2.45) is 0 Å². The Kier molecular flexibility index (Phi) is 5.26. The largest absolute Gasteiger partial charge is 0.336 e. The van der Waals surface area contributed by atoms with Crippen LogP contribution in [0.15, 0.2) is 60.7 Å². The van der Waals surface area contributed by atoms with Gasteiger partial charge in [-0.15, -0.1) is 0 Å². The molecule has 0 atom stereocenters. The van der Waals surface area contributed by atoms with Crippen molar-refractivity contribution in [1.29, 1.82) is 0 Å².